The van der Waals surface area contributed by atoms with E-state index in [-0.39, 0.29) is 77.2 Å². The molecule has 7 atom stereocenters. The molecular formula is C66H80FN11O8S2. The number of likely N-dealkylation sites (N-methyl/N-ethyl adjacent to an activating group) is 1. The average molecular weight is 1240 g/mol. The van der Waals surface area contributed by atoms with Crippen molar-refractivity contribution < 1.29 is 42.6 Å². The number of rotatable bonds is 19. The number of phenolic OH excluding ortho intramolecular Hbond substituents is 1. The van der Waals surface area contributed by atoms with Crippen LogP contribution in [0.3, 0.4) is 0 Å². The van der Waals surface area contributed by atoms with Gasteiger partial charge in [0.25, 0.3) is 5.88 Å². The van der Waals surface area contributed by atoms with Gasteiger partial charge in [-0.25, -0.2) is 14.2 Å². The third kappa shape index (κ3) is 12.6. The van der Waals surface area contributed by atoms with Crippen molar-refractivity contribution in [3.8, 4) is 39.3 Å². The molecule has 3 N–H and O–H groups in total. The Balaban J connectivity index is 0.640. The normalized spacial score (nSPS) is 22.4. The number of phenols is 1. The first-order valence-corrected chi connectivity index (χ1v) is 33.3. The Morgan fingerprint density at radius 3 is 2.44 bits per heavy atom. The number of benzene rings is 3. The number of carbonyl (C=O) groups excluding carboxylic acids is 3. The first-order chi connectivity index (χ1) is 42.6. The molecule has 22 heteroatoms. The van der Waals surface area contributed by atoms with Crippen LogP contribution in [0, 0.1) is 30.5 Å². The summed E-state index contributed by atoms with van der Waals surface area (Å²) in [6.45, 7) is 14.4. The van der Waals surface area contributed by atoms with E-state index in [4.69, 9.17) is 33.7 Å². The van der Waals surface area contributed by atoms with Crippen LogP contribution >= 0.6 is 23.1 Å². The zero-order valence-electron chi connectivity index (χ0n) is 51.3. The number of thioether (sulfide) groups is 1. The van der Waals surface area contributed by atoms with Gasteiger partial charge in [-0.2, -0.15) is 9.97 Å². The van der Waals surface area contributed by atoms with Gasteiger partial charge in [0.05, 0.1) is 40.7 Å². The van der Waals surface area contributed by atoms with E-state index < -0.39 is 22.6 Å². The molecular weight excluding hydrogens is 1160 g/mol. The smallest absolute Gasteiger partial charge is 0.409 e. The summed E-state index contributed by atoms with van der Waals surface area (Å²) in [5.74, 6) is -0.324. The highest BCUT2D eigenvalue weighted by Crippen LogP contribution is 2.42. The van der Waals surface area contributed by atoms with Crippen LogP contribution in [0.15, 0.2) is 76.9 Å². The van der Waals surface area contributed by atoms with Crippen LogP contribution in [0.2, 0.25) is 0 Å². The number of ether oxygens (including phenoxy) is 3. The fraction of sp³-hybridized carbons (Fsp3) is 0.515. The quantitative estimate of drug-likeness (QED) is 0.0687. The van der Waals surface area contributed by atoms with Gasteiger partial charge in [-0.3, -0.25) is 19.5 Å². The van der Waals surface area contributed by atoms with E-state index in [9.17, 15) is 19.5 Å². The number of halogens is 1. The lowest BCUT2D eigenvalue weighted by Crippen LogP contribution is -2.54. The van der Waals surface area contributed by atoms with Crippen molar-refractivity contribution in [2.45, 2.75) is 127 Å². The Labute approximate surface area is 521 Å². The number of nitrogens with zero attached hydrogens (tertiary/aromatic N) is 9. The van der Waals surface area contributed by atoms with Gasteiger partial charge < -0.3 is 49.2 Å². The predicted molar refractivity (Wildman–Crippen MR) is 339 cm³/mol. The zero-order valence-corrected chi connectivity index (χ0v) is 52.9. The number of thiazole rings is 1. The molecule has 7 aromatic rings. The van der Waals surface area contributed by atoms with Crippen molar-refractivity contribution in [1.29, 1.82) is 0 Å². The summed E-state index contributed by atoms with van der Waals surface area (Å²) in [5.41, 5.74) is 6.66. The molecule has 5 fully saturated rings. The van der Waals surface area contributed by atoms with E-state index in [1.54, 1.807) is 57.3 Å². The summed E-state index contributed by atoms with van der Waals surface area (Å²) < 4.78 is 41.9. The Hall–Kier alpha value is -7.14. The summed E-state index contributed by atoms with van der Waals surface area (Å²) >= 11 is 3.29. The number of anilines is 1. The number of amides is 3. The van der Waals surface area contributed by atoms with Crippen LogP contribution < -0.4 is 25.0 Å². The fourth-order valence-corrected chi connectivity index (χ4v) is 15.5. The molecule has 12 rings (SSSR count). The van der Waals surface area contributed by atoms with E-state index in [1.165, 1.54) is 0 Å². The van der Waals surface area contributed by atoms with Gasteiger partial charge >= 0.3 is 12.1 Å². The number of aromatic hydroxyl groups is 1. The monoisotopic (exact) mass is 1240 g/mol. The van der Waals surface area contributed by atoms with Crippen molar-refractivity contribution in [3.05, 3.63) is 101 Å². The molecule has 5 aliphatic heterocycles. The second-order valence-electron chi connectivity index (χ2n) is 25.1. The van der Waals surface area contributed by atoms with E-state index >= 15 is 4.39 Å². The molecule has 466 valence electrons. The van der Waals surface area contributed by atoms with Gasteiger partial charge in [0.2, 0.25) is 11.8 Å². The van der Waals surface area contributed by atoms with Crippen molar-refractivity contribution in [1.82, 2.24) is 50.4 Å². The second kappa shape index (κ2) is 26.1. The topological polar surface area (TPSA) is 214 Å². The van der Waals surface area contributed by atoms with Crippen LogP contribution in [-0.4, -0.2) is 158 Å². The van der Waals surface area contributed by atoms with Crippen molar-refractivity contribution >= 4 is 68.5 Å². The van der Waals surface area contributed by atoms with Crippen molar-refractivity contribution in [2.24, 2.45) is 17.8 Å². The standard InChI is InChI=1S/C66H80FN11O8S2/c1-8-43-13-9-14-46-26-49(79)27-50(56(43)46)58-57(67)59-51(29-68-58)61(76-32-47-20-21-48(33-76)71-47)73-64(72-59)84-34-41-12-10-24-75(6)66(87-7,23-22-41)36-85-65(82)77-30-42(31-77)35-83-54-28-53(86-74-54)55(38(2)3)63(81)78-25-11-15-52(78)62(80)70-39(4)44-16-18-45(19-17-44)60-40(5)69-37-88-60/h9,13-14,16-19,26-29,37-39,41-42,47-48,52,55,71,79H,8,10-12,15,20-25,30-36H2,1-7H3,(H,70,80). The first kappa shape index (κ1) is 61.1. The number of pyridine rings is 1. The van der Waals surface area contributed by atoms with Crippen LogP contribution in [0.1, 0.15) is 114 Å². The highest BCUT2D eigenvalue weighted by Gasteiger charge is 2.43. The van der Waals surface area contributed by atoms with Gasteiger partial charge in [0, 0.05) is 68.6 Å². The number of aryl methyl sites for hydroxylation is 2. The third-order valence-electron chi connectivity index (χ3n) is 18.9. The lowest BCUT2D eigenvalue weighted by molar-refractivity contribution is -0.141. The number of piperazine rings is 1. The van der Waals surface area contributed by atoms with E-state index in [1.807, 2.05) is 63.5 Å². The number of aromatic nitrogens is 5. The molecule has 4 aromatic heterocycles. The Morgan fingerprint density at radius 2 is 1.70 bits per heavy atom. The third-order valence-corrected chi connectivity index (χ3v) is 21.3. The van der Waals surface area contributed by atoms with Gasteiger partial charge in [0.1, 0.15) is 46.2 Å². The van der Waals surface area contributed by atoms with E-state index in [0.29, 0.717) is 80.3 Å². The Kier molecular flexibility index (Phi) is 18.1. The number of likely N-dealkylation sites (tertiary alicyclic amines) is 3. The maximum atomic E-state index is 17.3. The van der Waals surface area contributed by atoms with Gasteiger partial charge in [-0.15, -0.1) is 23.1 Å². The largest absolute Gasteiger partial charge is 0.508 e. The SMILES string of the molecule is CCc1cccc2cc(O)cc(-c3ncc4c(N5CC6CCC(C5)N6)nc(OCC5CCCN(C)C(COC(=O)N6CC(COc7cc(C(C(=O)N8CCCC8C(=O)NC(C)c8ccc(-c9scnc9C)cc8)C(C)C)on7)C6)(SC)CC5)nc4c3F)c12. The molecule has 7 unspecified atom stereocenters. The minimum Gasteiger partial charge on any atom is -0.508 e. The zero-order chi connectivity index (χ0) is 61.4. The van der Waals surface area contributed by atoms with Crippen LogP contribution in [0.25, 0.3) is 43.4 Å². The van der Waals surface area contributed by atoms with E-state index in [0.717, 1.165) is 103 Å². The molecule has 9 heterocycles. The number of carbonyl (C=O) groups is 3. The number of hydrogen-bond acceptors (Lipinski definition) is 18. The van der Waals surface area contributed by atoms with Crippen LogP contribution in [-0.2, 0) is 20.7 Å². The first-order valence-electron chi connectivity index (χ1n) is 31.2. The maximum Gasteiger partial charge on any atom is 0.409 e. The molecule has 0 aliphatic carbocycles. The Bertz CT molecular complexity index is 3660. The van der Waals surface area contributed by atoms with Gasteiger partial charge in [-0.05, 0) is 148 Å². The molecule has 5 saturated heterocycles. The van der Waals surface area contributed by atoms with Crippen LogP contribution in [0.5, 0.6) is 17.6 Å². The van der Waals surface area contributed by atoms with Crippen molar-refractivity contribution in [3.63, 3.8) is 0 Å². The summed E-state index contributed by atoms with van der Waals surface area (Å²) in [5, 5.41) is 24.0. The Morgan fingerprint density at radius 1 is 0.932 bits per heavy atom. The summed E-state index contributed by atoms with van der Waals surface area (Å²) in [7, 11) is 2.09. The van der Waals surface area contributed by atoms with Crippen LogP contribution in [0.4, 0.5) is 15.0 Å². The summed E-state index contributed by atoms with van der Waals surface area (Å²) in [6, 6.07) is 18.9. The number of hydrogen-bond donors (Lipinski definition) is 3. The molecule has 3 aromatic carbocycles. The van der Waals surface area contributed by atoms with E-state index in [2.05, 4.69) is 62.9 Å². The number of fused-ring (bicyclic) bond motifs is 4. The minimum absolute atomic E-state index is 0.0279. The predicted octanol–water partition coefficient (Wildman–Crippen LogP) is 10.9. The van der Waals surface area contributed by atoms with Crippen molar-refractivity contribution in [2.75, 3.05) is 77.3 Å². The molecule has 88 heavy (non-hydrogen) atoms. The molecule has 5 aliphatic rings. The highest BCUT2D eigenvalue weighted by atomic mass is 32.2. The van der Waals surface area contributed by atoms with Gasteiger partial charge in [0.15, 0.2) is 11.6 Å². The summed E-state index contributed by atoms with van der Waals surface area (Å²) in [6.07, 6.45) is 10.8. The molecule has 3 amide bonds. The highest BCUT2D eigenvalue weighted by molar-refractivity contribution is 7.99. The average Bonchev–Trinajstić information content (AvgIpc) is 1.09. The molecule has 0 radical (unpaired) electrons. The summed E-state index contributed by atoms with van der Waals surface area (Å²) in [4.78, 5) is 69.2. The number of nitrogens with one attached hydrogen (secondary N) is 2. The van der Waals surface area contributed by atoms with Gasteiger partial charge in [-0.1, -0.05) is 63.2 Å². The minimum atomic E-state index is -0.667. The lowest BCUT2D eigenvalue weighted by atomic mass is 9.91. The molecule has 2 bridgehead atoms. The second-order valence-corrected chi connectivity index (χ2v) is 27.1. The lowest BCUT2D eigenvalue weighted by Gasteiger charge is -2.44. The fourth-order valence-electron chi connectivity index (χ4n) is 13.8. The molecule has 19 nitrogen and oxygen atoms in total. The molecule has 0 spiro atoms. The maximum absolute atomic E-state index is 17.3. The molecule has 0 saturated carbocycles.